The van der Waals surface area contributed by atoms with Crippen molar-refractivity contribution in [3.8, 4) is 0 Å². The lowest BCUT2D eigenvalue weighted by Gasteiger charge is -2.30. The number of aryl methyl sites for hydroxylation is 1. The molecule has 0 spiro atoms. The quantitative estimate of drug-likeness (QED) is 0.622. The number of aromatic nitrogens is 2. The molecular weight excluding hydrogens is 394 g/mol. The van der Waals surface area contributed by atoms with E-state index in [-0.39, 0.29) is 18.8 Å². The highest BCUT2D eigenvalue weighted by molar-refractivity contribution is 6.03. The van der Waals surface area contributed by atoms with Gasteiger partial charge in [-0.1, -0.05) is 18.2 Å². The van der Waals surface area contributed by atoms with E-state index in [1.807, 2.05) is 0 Å². The maximum absolute atomic E-state index is 12.7. The summed E-state index contributed by atoms with van der Waals surface area (Å²) in [6.07, 6.45) is -0.411. The number of fused-ring (bicyclic) bond motifs is 2. The molecule has 0 saturated carbocycles. The first-order chi connectivity index (χ1) is 14.3. The Hall–Kier alpha value is -3.08. The molecule has 0 radical (unpaired) electrons. The van der Waals surface area contributed by atoms with Gasteiger partial charge < -0.3 is 25.0 Å². The first-order valence-corrected chi connectivity index (χ1v) is 9.43. The van der Waals surface area contributed by atoms with Crippen molar-refractivity contribution in [3.63, 3.8) is 0 Å². The topological polar surface area (TPSA) is 140 Å². The van der Waals surface area contributed by atoms with Crippen LogP contribution < -0.4 is 11.0 Å². The molecule has 4 atom stereocenters. The predicted octanol–water partition coefficient (Wildman–Crippen LogP) is 0.554. The van der Waals surface area contributed by atoms with Gasteiger partial charge in [0.1, 0.15) is 17.5 Å². The molecule has 2 saturated heterocycles. The maximum Gasteiger partial charge on any atom is 0.351 e. The minimum Gasteiger partial charge on any atom is -0.481 e. The molecule has 10 heteroatoms. The normalized spacial score (nSPS) is 27.2. The number of nitrogens with one attached hydrogen (secondary N) is 1. The highest BCUT2D eigenvalue weighted by Crippen LogP contribution is 2.50. The van der Waals surface area contributed by atoms with E-state index in [9.17, 15) is 24.6 Å². The van der Waals surface area contributed by atoms with Crippen molar-refractivity contribution in [1.82, 2.24) is 9.55 Å². The molecule has 2 aromatic rings. The zero-order valence-electron chi connectivity index (χ0n) is 16.1. The standard InChI is InChI=1S/C20H21N3O7/c1-11-8-23(18-15-13(7-14(25)26)20(9-24,30-18)10-29-15)19(28)22-16(11)21-17(27)12-5-3-2-4-6-12/h2-6,8,13,15,18,24H,7,9-10H2,1H3,(H,25,26)(H,21,22,27,28)/t13-,15?,18-,20+/m1/s1. The van der Waals surface area contributed by atoms with Crippen LogP contribution in [0.15, 0.2) is 41.3 Å². The van der Waals surface area contributed by atoms with Crippen LogP contribution in [0.4, 0.5) is 5.82 Å². The number of carbonyl (C=O) groups excluding carboxylic acids is 1. The zero-order valence-corrected chi connectivity index (χ0v) is 16.1. The molecule has 3 N–H and O–H groups in total. The average molecular weight is 415 g/mol. The second-order valence-corrected chi connectivity index (χ2v) is 7.49. The highest BCUT2D eigenvalue weighted by Gasteiger charge is 2.62. The fourth-order valence-electron chi connectivity index (χ4n) is 4.02. The van der Waals surface area contributed by atoms with Gasteiger partial charge in [0.2, 0.25) is 0 Å². The summed E-state index contributed by atoms with van der Waals surface area (Å²) in [7, 11) is 0. The summed E-state index contributed by atoms with van der Waals surface area (Å²) in [6.45, 7) is 1.30. The number of carboxylic acids is 1. The van der Waals surface area contributed by atoms with Crippen molar-refractivity contribution in [2.75, 3.05) is 18.5 Å². The van der Waals surface area contributed by atoms with Gasteiger partial charge in [-0.2, -0.15) is 4.98 Å². The molecule has 158 valence electrons. The van der Waals surface area contributed by atoms with E-state index >= 15 is 0 Å². The van der Waals surface area contributed by atoms with E-state index in [0.717, 1.165) is 0 Å². The van der Waals surface area contributed by atoms with E-state index in [2.05, 4.69) is 10.3 Å². The summed E-state index contributed by atoms with van der Waals surface area (Å²) < 4.78 is 12.8. The molecule has 2 aliphatic heterocycles. The number of hydrogen-bond donors (Lipinski definition) is 3. The first-order valence-electron chi connectivity index (χ1n) is 9.43. The van der Waals surface area contributed by atoms with E-state index in [1.54, 1.807) is 37.3 Å². The molecule has 0 aliphatic carbocycles. The molecule has 2 fully saturated rings. The van der Waals surface area contributed by atoms with Crippen molar-refractivity contribution in [1.29, 1.82) is 0 Å². The van der Waals surface area contributed by atoms with E-state index < -0.39 is 48.0 Å². The molecule has 3 heterocycles. The molecule has 1 unspecified atom stereocenters. The number of benzene rings is 1. The SMILES string of the molecule is Cc1cn([C@@H]2O[C@@]3(CO)COC2[C@H]3CC(=O)O)c(=O)nc1NC(=O)c1ccccc1. The van der Waals surface area contributed by atoms with Crippen molar-refractivity contribution < 1.29 is 29.3 Å². The Kier molecular flexibility index (Phi) is 5.14. The number of aliphatic carboxylic acids is 1. The van der Waals surface area contributed by atoms with Crippen molar-refractivity contribution in [3.05, 3.63) is 58.1 Å². The molecule has 30 heavy (non-hydrogen) atoms. The first kappa shape index (κ1) is 20.2. The third kappa shape index (κ3) is 3.38. The predicted molar refractivity (Wildman–Crippen MR) is 103 cm³/mol. The van der Waals surface area contributed by atoms with E-state index in [0.29, 0.717) is 11.1 Å². The summed E-state index contributed by atoms with van der Waals surface area (Å²) in [4.78, 5) is 40.3. The minimum absolute atomic E-state index is 0.0506. The van der Waals surface area contributed by atoms with Crippen LogP contribution in [0.25, 0.3) is 0 Å². The number of aliphatic hydroxyl groups excluding tert-OH is 1. The Balaban J connectivity index is 1.61. The van der Waals surface area contributed by atoms with Crippen molar-refractivity contribution in [2.45, 2.75) is 31.3 Å². The Labute approximate surface area is 171 Å². The number of amides is 1. The minimum atomic E-state index is -1.18. The molecule has 1 aromatic heterocycles. The fraction of sp³-hybridized carbons (Fsp3) is 0.400. The van der Waals surface area contributed by atoms with Crippen LogP contribution in [0.5, 0.6) is 0 Å². The van der Waals surface area contributed by atoms with Crippen LogP contribution in [0.3, 0.4) is 0 Å². The van der Waals surface area contributed by atoms with Crippen molar-refractivity contribution in [2.24, 2.45) is 5.92 Å². The van der Waals surface area contributed by atoms with Crippen LogP contribution in [-0.4, -0.2) is 56.6 Å². The van der Waals surface area contributed by atoms with Gasteiger partial charge in [0, 0.05) is 23.2 Å². The fourth-order valence-corrected chi connectivity index (χ4v) is 4.02. The molecule has 1 aromatic carbocycles. The Morgan fingerprint density at radius 3 is 2.73 bits per heavy atom. The van der Waals surface area contributed by atoms with Gasteiger partial charge in [-0.25, -0.2) is 4.79 Å². The van der Waals surface area contributed by atoms with Gasteiger partial charge in [0.25, 0.3) is 5.91 Å². The largest absolute Gasteiger partial charge is 0.481 e. The van der Waals surface area contributed by atoms with Crippen LogP contribution >= 0.6 is 0 Å². The number of hydrogen-bond acceptors (Lipinski definition) is 7. The molecular formula is C20H21N3O7. The molecule has 2 bridgehead atoms. The Morgan fingerprint density at radius 1 is 1.33 bits per heavy atom. The Bertz CT molecular complexity index is 1040. The Morgan fingerprint density at radius 2 is 2.07 bits per heavy atom. The van der Waals surface area contributed by atoms with E-state index in [1.165, 1.54) is 10.8 Å². The van der Waals surface area contributed by atoms with E-state index in [4.69, 9.17) is 9.47 Å². The number of aliphatic hydroxyl groups is 1. The van der Waals surface area contributed by atoms with Crippen molar-refractivity contribution >= 4 is 17.7 Å². The maximum atomic E-state index is 12.7. The van der Waals surface area contributed by atoms with Crippen LogP contribution in [0.1, 0.15) is 28.6 Å². The number of nitrogens with zero attached hydrogens (tertiary/aromatic N) is 2. The molecule has 10 nitrogen and oxygen atoms in total. The second kappa shape index (κ2) is 7.63. The highest BCUT2D eigenvalue weighted by atomic mass is 16.6. The number of anilines is 1. The monoisotopic (exact) mass is 415 g/mol. The van der Waals surface area contributed by atoms with Crippen LogP contribution in [-0.2, 0) is 14.3 Å². The number of rotatable bonds is 6. The smallest absolute Gasteiger partial charge is 0.351 e. The molecule has 4 rings (SSSR count). The van der Waals surface area contributed by atoms with Gasteiger partial charge in [-0.05, 0) is 19.1 Å². The van der Waals surface area contributed by atoms with Crippen LogP contribution in [0, 0.1) is 12.8 Å². The average Bonchev–Trinajstić information content (AvgIpc) is 3.22. The summed E-state index contributed by atoms with van der Waals surface area (Å²) in [5.74, 6) is -1.93. The lowest BCUT2D eigenvalue weighted by atomic mass is 9.86. The third-order valence-corrected chi connectivity index (χ3v) is 5.57. The number of carboxylic acid groups (broad SMARTS) is 1. The number of ether oxygens (including phenoxy) is 2. The van der Waals surface area contributed by atoms with Gasteiger partial charge in [-0.15, -0.1) is 0 Å². The van der Waals surface area contributed by atoms with Gasteiger partial charge >= 0.3 is 11.7 Å². The lowest BCUT2D eigenvalue weighted by Crippen LogP contribution is -2.43. The lowest BCUT2D eigenvalue weighted by molar-refractivity contribution is -0.186. The number of carbonyl (C=O) groups is 2. The van der Waals surface area contributed by atoms with Gasteiger partial charge in [0.05, 0.1) is 19.6 Å². The summed E-state index contributed by atoms with van der Waals surface area (Å²) in [6, 6.07) is 8.52. The summed E-state index contributed by atoms with van der Waals surface area (Å²) in [5, 5.41) is 21.6. The third-order valence-electron chi connectivity index (χ3n) is 5.57. The second-order valence-electron chi connectivity index (χ2n) is 7.49. The summed E-state index contributed by atoms with van der Waals surface area (Å²) >= 11 is 0. The van der Waals surface area contributed by atoms with Gasteiger partial charge in [-0.3, -0.25) is 14.2 Å². The van der Waals surface area contributed by atoms with Gasteiger partial charge in [0.15, 0.2) is 6.23 Å². The molecule has 2 aliphatic rings. The van der Waals surface area contributed by atoms with Crippen LogP contribution in [0.2, 0.25) is 0 Å². The summed E-state index contributed by atoms with van der Waals surface area (Å²) in [5.41, 5.74) is -0.930. The molecule has 1 amide bonds. The zero-order chi connectivity index (χ0) is 21.5.